The number of nitriles is 1. The molecule has 0 fully saturated rings. The number of aryl methyl sites for hydroxylation is 1. The summed E-state index contributed by atoms with van der Waals surface area (Å²) in [6.07, 6.45) is 2.57. The number of nitrogens with two attached hydrogens (primary N) is 1. The molecule has 0 bridgehead atoms. The molecule has 6 heteroatoms. The van der Waals surface area contributed by atoms with Crippen molar-refractivity contribution in [2.75, 3.05) is 6.54 Å². The highest BCUT2D eigenvalue weighted by Crippen LogP contribution is 2.35. The van der Waals surface area contributed by atoms with Gasteiger partial charge in [-0.25, -0.2) is 4.68 Å². The monoisotopic (exact) mass is 395 g/mol. The summed E-state index contributed by atoms with van der Waals surface area (Å²) in [5, 5.41) is 13.9. The molecule has 4 rings (SSSR count). The smallest absolute Gasteiger partial charge is 0.218 e. The zero-order chi connectivity index (χ0) is 20.9. The first-order valence-corrected chi connectivity index (χ1v) is 9.65. The van der Waals surface area contributed by atoms with Gasteiger partial charge in [-0.15, -0.1) is 0 Å². The summed E-state index contributed by atoms with van der Waals surface area (Å²) in [7, 11) is 1.82. The Labute approximate surface area is 175 Å². The van der Waals surface area contributed by atoms with Crippen molar-refractivity contribution in [1.29, 1.82) is 5.26 Å². The van der Waals surface area contributed by atoms with Gasteiger partial charge in [0.2, 0.25) is 5.88 Å². The number of rotatable bonds is 6. The Bertz CT molecular complexity index is 1190. The van der Waals surface area contributed by atoms with Gasteiger partial charge in [0, 0.05) is 24.9 Å². The zero-order valence-corrected chi connectivity index (χ0v) is 16.6. The molecule has 2 N–H and O–H groups in total. The van der Waals surface area contributed by atoms with E-state index >= 15 is 0 Å². The van der Waals surface area contributed by atoms with Crippen LogP contribution in [0.2, 0.25) is 0 Å². The van der Waals surface area contributed by atoms with Crippen LogP contribution in [0.3, 0.4) is 0 Å². The first-order chi connectivity index (χ1) is 14.7. The minimum atomic E-state index is 0.528. The molecule has 0 unspecified atom stereocenters. The van der Waals surface area contributed by atoms with Gasteiger partial charge >= 0.3 is 0 Å². The number of aromatic nitrogens is 3. The van der Waals surface area contributed by atoms with Crippen molar-refractivity contribution in [1.82, 2.24) is 14.8 Å². The van der Waals surface area contributed by atoms with Crippen LogP contribution >= 0.6 is 0 Å². The molecule has 2 aromatic carbocycles. The highest BCUT2D eigenvalue weighted by Gasteiger charge is 2.14. The van der Waals surface area contributed by atoms with Gasteiger partial charge in [0.25, 0.3) is 0 Å². The van der Waals surface area contributed by atoms with Gasteiger partial charge in [-0.05, 0) is 54.4 Å². The molecule has 0 aliphatic heterocycles. The van der Waals surface area contributed by atoms with E-state index in [1.54, 1.807) is 23.0 Å². The maximum absolute atomic E-state index is 9.35. The third-order valence-corrected chi connectivity index (χ3v) is 4.79. The average molecular weight is 395 g/mol. The molecule has 0 aliphatic rings. The Morgan fingerprint density at radius 2 is 1.87 bits per heavy atom. The Morgan fingerprint density at radius 1 is 1.03 bits per heavy atom. The second kappa shape index (κ2) is 8.60. The average Bonchev–Trinajstić information content (AvgIpc) is 3.15. The maximum Gasteiger partial charge on any atom is 0.218 e. The topological polar surface area (TPSA) is 89.8 Å². The van der Waals surface area contributed by atoms with Gasteiger partial charge in [0.15, 0.2) is 0 Å². The molecule has 0 saturated carbocycles. The van der Waals surface area contributed by atoms with Crippen LogP contribution in [0.1, 0.15) is 11.1 Å². The number of hydrogen-bond acceptors (Lipinski definition) is 5. The molecule has 0 aliphatic carbocycles. The van der Waals surface area contributed by atoms with Gasteiger partial charge in [0.1, 0.15) is 11.4 Å². The van der Waals surface area contributed by atoms with Crippen LogP contribution in [0.4, 0.5) is 0 Å². The summed E-state index contributed by atoms with van der Waals surface area (Å²) < 4.78 is 7.88. The van der Waals surface area contributed by atoms with E-state index in [2.05, 4.69) is 28.3 Å². The molecule has 0 saturated heterocycles. The number of hydrogen-bond donors (Lipinski definition) is 1. The lowest BCUT2D eigenvalue weighted by Crippen LogP contribution is -2.02. The summed E-state index contributed by atoms with van der Waals surface area (Å²) in [4.78, 5) is 4.34. The Kier molecular flexibility index (Phi) is 5.55. The minimum Gasteiger partial charge on any atom is -0.439 e. The van der Waals surface area contributed by atoms with Gasteiger partial charge in [-0.3, -0.25) is 4.98 Å². The maximum atomic E-state index is 9.35. The molecule has 30 heavy (non-hydrogen) atoms. The first-order valence-electron chi connectivity index (χ1n) is 9.65. The zero-order valence-electron chi connectivity index (χ0n) is 16.6. The van der Waals surface area contributed by atoms with Crippen LogP contribution in [0.5, 0.6) is 11.6 Å². The predicted molar refractivity (Wildman–Crippen MR) is 116 cm³/mol. The summed E-state index contributed by atoms with van der Waals surface area (Å²) in [5.74, 6) is 1.16. The van der Waals surface area contributed by atoms with E-state index in [9.17, 15) is 5.26 Å². The highest BCUT2D eigenvalue weighted by molar-refractivity contribution is 5.72. The number of nitrogens with zero attached hydrogens (tertiary/aromatic N) is 4. The number of ether oxygens (including phenoxy) is 1. The molecule has 0 radical (unpaired) electrons. The minimum absolute atomic E-state index is 0.528. The fourth-order valence-electron chi connectivity index (χ4n) is 3.23. The van der Waals surface area contributed by atoms with E-state index in [4.69, 9.17) is 10.5 Å². The van der Waals surface area contributed by atoms with Crippen LogP contribution < -0.4 is 10.5 Å². The second-order valence-corrected chi connectivity index (χ2v) is 6.87. The quantitative estimate of drug-likeness (QED) is 0.525. The van der Waals surface area contributed by atoms with Crippen molar-refractivity contribution in [3.63, 3.8) is 0 Å². The van der Waals surface area contributed by atoms with Crippen LogP contribution in [0, 0.1) is 11.3 Å². The standard InChI is InChI=1S/C24H21N5O/c1-29-24(15-22(28-29)21-4-2-3-13-27-21)30-23-14-18(16-26)7-10-20(23)19-8-5-17(6-9-19)11-12-25/h2-10,13-15H,11-12,25H2,1H3. The van der Waals surface area contributed by atoms with Crippen molar-refractivity contribution in [3.05, 3.63) is 84.1 Å². The molecule has 0 spiro atoms. The van der Waals surface area contributed by atoms with Gasteiger partial charge in [0.05, 0.1) is 17.3 Å². The van der Waals surface area contributed by atoms with E-state index in [1.165, 1.54) is 5.56 Å². The third kappa shape index (κ3) is 4.07. The van der Waals surface area contributed by atoms with E-state index in [-0.39, 0.29) is 0 Å². The third-order valence-electron chi connectivity index (χ3n) is 4.79. The van der Waals surface area contributed by atoms with Crippen LogP contribution in [-0.2, 0) is 13.5 Å². The molecule has 0 atom stereocenters. The molecule has 6 nitrogen and oxygen atoms in total. The van der Waals surface area contributed by atoms with Crippen molar-refractivity contribution < 1.29 is 4.74 Å². The first kappa shape index (κ1) is 19.4. The number of pyridine rings is 1. The SMILES string of the molecule is Cn1nc(-c2ccccn2)cc1Oc1cc(C#N)ccc1-c1ccc(CCN)cc1. The van der Waals surface area contributed by atoms with E-state index in [0.717, 1.165) is 28.9 Å². The van der Waals surface area contributed by atoms with E-state index in [0.29, 0.717) is 23.7 Å². The van der Waals surface area contributed by atoms with Gasteiger partial charge < -0.3 is 10.5 Å². The normalized spacial score (nSPS) is 10.6. The fraction of sp³-hybridized carbons (Fsp3) is 0.125. The number of benzene rings is 2. The lowest BCUT2D eigenvalue weighted by atomic mass is 10.0. The van der Waals surface area contributed by atoms with Crippen molar-refractivity contribution in [2.24, 2.45) is 12.8 Å². The highest BCUT2D eigenvalue weighted by atomic mass is 16.5. The summed E-state index contributed by atoms with van der Waals surface area (Å²) in [6.45, 7) is 0.615. The van der Waals surface area contributed by atoms with E-state index < -0.39 is 0 Å². The molecule has 2 heterocycles. The molecular formula is C24H21N5O. The van der Waals surface area contributed by atoms with E-state index in [1.807, 2.05) is 49.5 Å². The van der Waals surface area contributed by atoms with Crippen molar-refractivity contribution >= 4 is 0 Å². The molecule has 0 amide bonds. The van der Waals surface area contributed by atoms with Gasteiger partial charge in [-0.1, -0.05) is 30.3 Å². The van der Waals surface area contributed by atoms with Crippen LogP contribution in [-0.4, -0.2) is 21.3 Å². The summed E-state index contributed by atoms with van der Waals surface area (Å²) >= 11 is 0. The van der Waals surface area contributed by atoms with Crippen LogP contribution in [0.25, 0.3) is 22.5 Å². The fourth-order valence-corrected chi connectivity index (χ4v) is 3.23. The summed E-state index contributed by atoms with van der Waals surface area (Å²) in [5.41, 5.74) is 10.7. The molecule has 4 aromatic rings. The van der Waals surface area contributed by atoms with Gasteiger partial charge in [-0.2, -0.15) is 10.4 Å². The van der Waals surface area contributed by atoms with Crippen LogP contribution in [0.15, 0.2) is 72.9 Å². The lowest BCUT2D eigenvalue weighted by Gasteiger charge is -2.12. The second-order valence-electron chi connectivity index (χ2n) is 6.87. The largest absolute Gasteiger partial charge is 0.439 e. The lowest BCUT2D eigenvalue weighted by molar-refractivity contribution is 0.432. The molecule has 2 aromatic heterocycles. The Balaban J connectivity index is 1.70. The van der Waals surface area contributed by atoms with Crippen molar-refractivity contribution in [2.45, 2.75) is 6.42 Å². The predicted octanol–water partition coefficient (Wildman–Crippen LogP) is 4.31. The molecular weight excluding hydrogens is 374 g/mol. The Hall–Kier alpha value is -3.95. The Morgan fingerprint density at radius 3 is 2.57 bits per heavy atom. The molecule has 148 valence electrons. The van der Waals surface area contributed by atoms with Crippen molar-refractivity contribution in [3.8, 4) is 40.2 Å². The summed E-state index contributed by atoms with van der Waals surface area (Å²) in [6, 6.07) is 23.4.